The standard InChI is InChI=1S/C25H33N3O8/c1-23(2,3)35-21(32)27-18(29)25(28(19(27)30)22(33)36-24(4,5)6)13-10-14-26(16-25)20(31)34-15-17-11-8-7-9-12-17/h7-9,11-12H,10,13-16H2,1-6H3. The number of carbonyl (C=O) groups excluding carboxylic acids is 5. The minimum absolute atomic E-state index is 0.00979. The number of rotatable bonds is 2. The molecule has 1 unspecified atom stereocenters. The summed E-state index contributed by atoms with van der Waals surface area (Å²) in [6.07, 6.45) is -2.68. The highest BCUT2D eigenvalue weighted by atomic mass is 16.6. The van der Waals surface area contributed by atoms with E-state index in [1.165, 1.54) is 4.90 Å². The smallest absolute Gasteiger partial charge is 0.425 e. The average molecular weight is 504 g/mol. The summed E-state index contributed by atoms with van der Waals surface area (Å²) in [7, 11) is 0. The Hall–Kier alpha value is -3.63. The Balaban J connectivity index is 1.90. The quantitative estimate of drug-likeness (QED) is 0.433. The van der Waals surface area contributed by atoms with E-state index >= 15 is 0 Å². The first-order valence-electron chi connectivity index (χ1n) is 11.7. The van der Waals surface area contributed by atoms with Crippen molar-refractivity contribution in [2.24, 2.45) is 0 Å². The lowest BCUT2D eigenvalue weighted by atomic mass is 9.87. The molecule has 0 bridgehead atoms. The van der Waals surface area contributed by atoms with Gasteiger partial charge in [-0.15, -0.1) is 0 Å². The molecule has 6 amide bonds. The fourth-order valence-electron chi connectivity index (χ4n) is 4.06. The molecule has 2 heterocycles. The average Bonchev–Trinajstić information content (AvgIpc) is 2.96. The normalized spacial score (nSPS) is 20.6. The van der Waals surface area contributed by atoms with Crippen LogP contribution in [0.25, 0.3) is 0 Å². The topological polar surface area (TPSA) is 123 Å². The third kappa shape index (κ3) is 5.77. The molecule has 1 aromatic rings. The molecule has 0 aliphatic carbocycles. The van der Waals surface area contributed by atoms with E-state index in [1.807, 2.05) is 18.2 Å². The third-order valence-electron chi connectivity index (χ3n) is 5.50. The summed E-state index contributed by atoms with van der Waals surface area (Å²) in [4.78, 5) is 68.0. The molecular weight excluding hydrogens is 470 g/mol. The minimum atomic E-state index is -1.83. The van der Waals surface area contributed by atoms with Crippen molar-refractivity contribution in [3.8, 4) is 0 Å². The Morgan fingerprint density at radius 1 is 0.889 bits per heavy atom. The zero-order chi connectivity index (χ0) is 26.9. The molecule has 11 nitrogen and oxygen atoms in total. The van der Waals surface area contributed by atoms with Crippen LogP contribution in [0.5, 0.6) is 0 Å². The van der Waals surface area contributed by atoms with Crippen LogP contribution in [0, 0.1) is 0 Å². The molecule has 2 aliphatic heterocycles. The first kappa shape index (κ1) is 27.0. The van der Waals surface area contributed by atoms with Crippen LogP contribution in [-0.2, 0) is 25.6 Å². The van der Waals surface area contributed by atoms with Crippen molar-refractivity contribution in [2.75, 3.05) is 13.1 Å². The maximum atomic E-state index is 13.6. The van der Waals surface area contributed by atoms with E-state index in [0.29, 0.717) is 9.80 Å². The molecule has 0 saturated carbocycles. The Kier molecular flexibility index (Phi) is 7.33. The van der Waals surface area contributed by atoms with Gasteiger partial charge in [-0.2, -0.15) is 4.90 Å². The van der Waals surface area contributed by atoms with Crippen LogP contribution in [0.4, 0.5) is 19.2 Å². The van der Waals surface area contributed by atoms with Gasteiger partial charge < -0.3 is 19.1 Å². The largest absolute Gasteiger partial charge is 0.445 e. The molecule has 0 N–H and O–H groups in total. The van der Waals surface area contributed by atoms with Crippen molar-refractivity contribution in [1.82, 2.24) is 14.7 Å². The molecule has 2 fully saturated rings. The lowest BCUT2D eigenvalue weighted by Gasteiger charge is -2.41. The Morgan fingerprint density at radius 3 is 2.06 bits per heavy atom. The van der Waals surface area contributed by atoms with Gasteiger partial charge in [-0.25, -0.2) is 24.1 Å². The van der Waals surface area contributed by atoms with Crippen LogP contribution in [0.15, 0.2) is 30.3 Å². The highest BCUT2D eigenvalue weighted by molar-refractivity contribution is 6.21. The van der Waals surface area contributed by atoms with Gasteiger partial charge in [0.05, 0.1) is 6.54 Å². The molecule has 0 aromatic heterocycles. The first-order valence-corrected chi connectivity index (χ1v) is 11.7. The number of likely N-dealkylation sites (tertiary alicyclic amines) is 1. The Morgan fingerprint density at radius 2 is 1.47 bits per heavy atom. The summed E-state index contributed by atoms with van der Waals surface area (Å²) in [5.41, 5.74) is -3.04. The van der Waals surface area contributed by atoms with Crippen LogP contribution in [0.1, 0.15) is 59.9 Å². The Labute approximate surface area is 210 Å². The summed E-state index contributed by atoms with van der Waals surface area (Å²) in [5.74, 6) is -0.951. The second-order valence-electron chi connectivity index (χ2n) is 10.8. The molecule has 1 aromatic carbocycles. The van der Waals surface area contributed by atoms with E-state index in [-0.39, 0.29) is 32.5 Å². The summed E-state index contributed by atoms with van der Waals surface area (Å²) in [6.45, 7) is 9.50. The van der Waals surface area contributed by atoms with Crippen molar-refractivity contribution >= 4 is 30.2 Å². The second-order valence-corrected chi connectivity index (χ2v) is 10.8. The highest BCUT2D eigenvalue weighted by Gasteiger charge is 2.65. The summed E-state index contributed by atoms with van der Waals surface area (Å²) < 4.78 is 16.0. The molecular formula is C25H33N3O8. The van der Waals surface area contributed by atoms with Crippen molar-refractivity contribution in [3.63, 3.8) is 0 Å². The molecule has 2 aliphatic rings. The van der Waals surface area contributed by atoms with Gasteiger partial charge in [0, 0.05) is 6.54 Å². The molecule has 2 saturated heterocycles. The van der Waals surface area contributed by atoms with Gasteiger partial charge in [-0.1, -0.05) is 30.3 Å². The van der Waals surface area contributed by atoms with Gasteiger partial charge in [0.1, 0.15) is 17.8 Å². The van der Waals surface area contributed by atoms with Crippen LogP contribution >= 0.6 is 0 Å². The number of nitrogens with zero attached hydrogens (tertiary/aromatic N) is 3. The van der Waals surface area contributed by atoms with Crippen LogP contribution in [0.2, 0.25) is 0 Å². The maximum absolute atomic E-state index is 13.6. The van der Waals surface area contributed by atoms with Gasteiger partial charge >= 0.3 is 24.3 Å². The molecule has 1 spiro atoms. The van der Waals surface area contributed by atoms with Gasteiger partial charge in [0.2, 0.25) is 0 Å². The SMILES string of the molecule is CC(C)(C)OC(=O)N1C(=O)N(C(=O)OC(C)(C)C)C2(CCCN(C(=O)OCc3ccccc3)C2)C1=O. The van der Waals surface area contributed by atoms with Crippen molar-refractivity contribution in [1.29, 1.82) is 0 Å². The van der Waals surface area contributed by atoms with E-state index in [1.54, 1.807) is 53.7 Å². The minimum Gasteiger partial charge on any atom is -0.445 e. The van der Waals surface area contributed by atoms with Crippen molar-refractivity contribution in [3.05, 3.63) is 35.9 Å². The van der Waals surface area contributed by atoms with E-state index in [0.717, 1.165) is 5.56 Å². The van der Waals surface area contributed by atoms with Gasteiger partial charge in [-0.05, 0) is 59.9 Å². The zero-order valence-electron chi connectivity index (χ0n) is 21.5. The van der Waals surface area contributed by atoms with Crippen LogP contribution in [0.3, 0.4) is 0 Å². The number of carbonyl (C=O) groups is 5. The van der Waals surface area contributed by atoms with Crippen LogP contribution < -0.4 is 0 Å². The van der Waals surface area contributed by atoms with Crippen molar-refractivity contribution in [2.45, 2.75) is 77.7 Å². The summed E-state index contributed by atoms with van der Waals surface area (Å²) in [5, 5.41) is 0. The lowest BCUT2D eigenvalue weighted by molar-refractivity contribution is -0.135. The van der Waals surface area contributed by atoms with Crippen LogP contribution in [-0.4, -0.2) is 74.7 Å². The maximum Gasteiger partial charge on any atom is 0.425 e. The number of amides is 6. The monoisotopic (exact) mass is 503 g/mol. The van der Waals surface area contributed by atoms with E-state index < -0.39 is 47.0 Å². The highest BCUT2D eigenvalue weighted by Crippen LogP contribution is 2.38. The molecule has 11 heteroatoms. The number of piperidine rings is 1. The Bertz CT molecular complexity index is 1040. The number of hydrogen-bond acceptors (Lipinski definition) is 8. The number of imide groups is 4. The summed E-state index contributed by atoms with van der Waals surface area (Å²) >= 11 is 0. The molecule has 196 valence electrons. The molecule has 0 radical (unpaired) electrons. The molecule has 36 heavy (non-hydrogen) atoms. The molecule has 1 atom stereocenters. The zero-order valence-corrected chi connectivity index (χ0v) is 21.5. The number of hydrogen-bond donors (Lipinski definition) is 0. The number of urea groups is 1. The van der Waals surface area contributed by atoms with Gasteiger partial charge in [-0.3, -0.25) is 4.79 Å². The fourth-order valence-corrected chi connectivity index (χ4v) is 4.06. The van der Waals surface area contributed by atoms with Gasteiger partial charge in [0.15, 0.2) is 5.54 Å². The van der Waals surface area contributed by atoms with E-state index in [9.17, 15) is 24.0 Å². The van der Waals surface area contributed by atoms with Gasteiger partial charge in [0.25, 0.3) is 5.91 Å². The predicted octanol–water partition coefficient (Wildman–Crippen LogP) is 4.29. The first-order chi connectivity index (χ1) is 16.6. The predicted molar refractivity (Wildman–Crippen MR) is 127 cm³/mol. The fraction of sp³-hybridized carbons (Fsp3) is 0.560. The lowest BCUT2D eigenvalue weighted by Crippen LogP contribution is -2.62. The second kappa shape index (κ2) is 9.79. The number of benzene rings is 1. The van der Waals surface area contributed by atoms with E-state index in [4.69, 9.17) is 14.2 Å². The van der Waals surface area contributed by atoms with Crippen molar-refractivity contribution < 1.29 is 38.2 Å². The third-order valence-corrected chi connectivity index (χ3v) is 5.50. The van der Waals surface area contributed by atoms with E-state index in [2.05, 4.69) is 0 Å². The summed E-state index contributed by atoms with van der Waals surface area (Å²) in [6, 6.07) is 7.88. The molecule has 3 rings (SSSR count). The number of ether oxygens (including phenoxy) is 3.